The summed E-state index contributed by atoms with van der Waals surface area (Å²) < 4.78 is 0. The van der Waals surface area contributed by atoms with Crippen molar-refractivity contribution in [3.8, 4) is 0 Å². The van der Waals surface area contributed by atoms with Gasteiger partial charge in [0.1, 0.15) is 0 Å². The van der Waals surface area contributed by atoms with Gasteiger partial charge in [-0.15, -0.1) is 0 Å². The molecular weight excluding hydrogens is 304 g/mol. The fourth-order valence-electron chi connectivity index (χ4n) is 3.46. The summed E-state index contributed by atoms with van der Waals surface area (Å²) in [6.45, 7) is 10.7. The van der Waals surface area contributed by atoms with Crippen LogP contribution in [-0.4, -0.2) is 34.5 Å². The zero-order valence-electron chi connectivity index (χ0n) is 15.2. The molecule has 24 heavy (non-hydrogen) atoms. The predicted molar refractivity (Wildman–Crippen MR) is 92.7 cm³/mol. The van der Waals surface area contributed by atoms with Crippen molar-refractivity contribution in [1.29, 1.82) is 0 Å². The molecule has 0 aliphatic carbocycles. The minimum atomic E-state index is -0.563. The second kappa shape index (κ2) is 6.55. The quantitative estimate of drug-likeness (QED) is 0.658. The van der Waals surface area contributed by atoms with Gasteiger partial charge in [0.25, 0.3) is 0 Å². The highest BCUT2D eigenvalue weighted by molar-refractivity contribution is 5.90. The number of aryl methyl sites for hydroxylation is 1. The summed E-state index contributed by atoms with van der Waals surface area (Å²) in [5.41, 5.74) is 3.04. The molecular formula is C19H28N2O3. The number of nitrogens with one attached hydrogen (secondary N) is 1. The van der Waals surface area contributed by atoms with Crippen LogP contribution in [0.1, 0.15) is 51.7 Å². The normalized spacial score (nSPS) is 22.6. The molecule has 0 aromatic heterocycles. The number of likely N-dealkylation sites (tertiary alicyclic amines) is 1. The van der Waals surface area contributed by atoms with Gasteiger partial charge in [0.05, 0.1) is 5.41 Å². The van der Waals surface area contributed by atoms with E-state index in [1.54, 1.807) is 5.48 Å². The first-order valence-electron chi connectivity index (χ1n) is 8.41. The fourth-order valence-corrected chi connectivity index (χ4v) is 3.46. The third kappa shape index (κ3) is 3.46. The maximum absolute atomic E-state index is 13.2. The summed E-state index contributed by atoms with van der Waals surface area (Å²) in [6, 6.07) is 7.82. The fraction of sp³-hybridized carbons (Fsp3) is 0.579. The molecule has 2 atom stereocenters. The molecule has 1 saturated heterocycles. The van der Waals surface area contributed by atoms with E-state index in [4.69, 9.17) is 5.21 Å². The van der Waals surface area contributed by atoms with E-state index in [1.165, 1.54) is 0 Å². The summed E-state index contributed by atoms with van der Waals surface area (Å²) in [6.07, 6.45) is 0.817. The van der Waals surface area contributed by atoms with E-state index in [1.807, 2.05) is 63.8 Å². The second-order valence-electron chi connectivity index (χ2n) is 8.07. The third-order valence-electron chi connectivity index (χ3n) is 5.15. The van der Waals surface area contributed by atoms with Gasteiger partial charge in [0, 0.05) is 19.0 Å². The summed E-state index contributed by atoms with van der Waals surface area (Å²) in [4.78, 5) is 26.7. The van der Waals surface area contributed by atoms with Gasteiger partial charge in [-0.05, 0) is 31.2 Å². The monoisotopic (exact) mass is 332 g/mol. The van der Waals surface area contributed by atoms with Gasteiger partial charge in [-0.1, -0.05) is 50.6 Å². The molecule has 0 bridgehead atoms. The SMILES string of the molecule is Cc1ccc(C2(C)CCN([C@@H](CC(=O)NO)C(C)(C)C)C2=O)cc1. The molecule has 5 heteroatoms. The molecule has 1 heterocycles. The van der Waals surface area contributed by atoms with Gasteiger partial charge in [0.15, 0.2) is 0 Å². The maximum Gasteiger partial charge on any atom is 0.245 e. The molecule has 2 N–H and O–H groups in total. The van der Waals surface area contributed by atoms with Crippen LogP contribution in [0.2, 0.25) is 0 Å². The van der Waals surface area contributed by atoms with E-state index in [0.29, 0.717) is 6.54 Å². The number of amides is 2. The molecule has 2 rings (SSSR count). The molecule has 1 aliphatic rings. The van der Waals surface area contributed by atoms with Crippen LogP contribution in [0.3, 0.4) is 0 Å². The smallest absolute Gasteiger partial charge is 0.245 e. The average molecular weight is 332 g/mol. The molecule has 2 amide bonds. The van der Waals surface area contributed by atoms with Crippen molar-refractivity contribution in [2.24, 2.45) is 5.41 Å². The van der Waals surface area contributed by atoms with Crippen LogP contribution >= 0.6 is 0 Å². The van der Waals surface area contributed by atoms with E-state index in [9.17, 15) is 9.59 Å². The van der Waals surface area contributed by atoms with Crippen molar-refractivity contribution in [3.05, 3.63) is 35.4 Å². The van der Waals surface area contributed by atoms with Crippen molar-refractivity contribution in [3.63, 3.8) is 0 Å². The number of nitrogens with zero attached hydrogens (tertiary/aromatic N) is 1. The highest BCUT2D eigenvalue weighted by Crippen LogP contribution is 2.40. The van der Waals surface area contributed by atoms with Crippen molar-refractivity contribution in [1.82, 2.24) is 10.4 Å². The van der Waals surface area contributed by atoms with Crippen LogP contribution in [0.25, 0.3) is 0 Å². The van der Waals surface area contributed by atoms with Gasteiger partial charge < -0.3 is 4.90 Å². The summed E-state index contributed by atoms with van der Waals surface area (Å²) in [5.74, 6) is -0.413. The lowest BCUT2D eigenvalue weighted by Gasteiger charge is -2.38. The highest BCUT2D eigenvalue weighted by Gasteiger charge is 2.48. The number of benzene rings is 1. The summed E-state index contributed by atoms with van der Waals surface area (Å²) in [5, 5.41) is 8.86. The summed E-state index contributed by atoms with van der Waals surface area (Å²) in [7, 11) is 0. The van der Waals surface area contributed by atoms with Gasteiger partial charge in [-0.2, -0.15) is 0 Å². The predicted octanol–water partition coefficient (Wildman–Crippen LogP) is 2.80. The first-order chi connectivity index (χ1) is 11.1. The lowest BCUT2D eigenvalue weighted by atomic mass is 9.80. The van der Waals surface area contributed by atoms with Gasteiger partial charge >= 0.3 is 0 Å². The Hall–Kier alpha value is -1.88. The molecule has 132 valence electrons. The average Bonchev–Trinajstić information content (AvgIpc) is 2.81. The Morgan fingerprint density at radius 2 is 1.92 bits per heavy atom. The van der Waals surface area contributed by atoms with E-state index >= 15 is 0 Å². The lowest BCUT2D eigenvalue weighted by Crippen LogP contribution is -2.49. The zero-order valence-corrected chi connectivity index (χ0v) is 15.2. The molecule has 1 aromatic carbocycles. The molecule has 1 fully saturated rings. The molecule has 0 radical (unpaired) electrons. The molecule has 1 aromatic rings. The third-order valence-corrected chi connectivity index (χ3v) is 5.15. The molecule has 5 nitrogen and oxygen atoms in total. The Balaban J connectivity index is 2.30. The van der Waals surface area contributed by atoms with Crippen LogP contribution in [0.4, 0.5) is 0 Å². The Bertz CT molecular complexity index is 618. The second-order valence-corrected chi connectivity index (χ2v) is 8.07. The molecule has 0 spiro atoms. The standard InChI is InChI=1S/C19H28N2O3/c1-13-6-8-14(9-7-13)19(5)10-11-21(17(19)23)15(18(2,3)4)12-16(22)20-24/h6-9,15,24H,10-12H2,1-5H3,(H,20,22)/t15-,19?/m0/s1. The van der Waals surface area contributed by atoms with E-state index < -0.39 is 11.3 Å². The topological polar surface area (TPSA) is 69.6 Å². The van der Waals surface area contributed by atoms with Crippen LogP contribution < -0.4 is 5.48 Å². The van der Waals surface area contributed by atoms with Crippen molar-refractivity contribution in [2.45, 2.75) is 58.9 Å². The lowest BCUT2D eigenvalue weighted by molar-refractivity contribution is -0.139. The van der Waals surface area contributed by atoms with Crippen LogP contribution in [0.15, 0.2) is 24.3 Å². The number of hydrogen-bond donors (Lipinski definition) is 2. The van der Waals surface area contributed by atoms with Crippen molar-refractivity contribution in [2.75, 3.05) is 6.54 Å². The van der Waals surface area contributed by atoms with E-state index in [2.05, 4.69) is 0 Å². The number of rotatable bonds is 4. The van der Waals surface area contributed by atoms with Gasteiger partial charge in [-0.25, -0.2) is 5.48 Å². The summed E-state index contributed by atoms with van der Waals surface area (Å²) >= 11 is 0. The molecule has 1 unspecified atom stereocenters. The first-order valence-corrected chi connectivity index (χ1v) is 8.41. The maximum atomic E-state index is 13.2. The molecule has 1 aliphatic heterocycles. The Kier molecular flexibility index (Phi) is 5.04. The van der Waals surface area contributed by atoms with Crippen LogP contribution in [0, 0.1) is 12.3 Å². The number of carbonyl (C=O) groups excluding carboxylic acids is 2. The van der Waals surface area contributed by atoms with Gasteiger partial charge in [-0.3, -0.25) is 14.8 Å². The Morgan fingerprint density at radius 1 is 1.33 bits per heavy atom. The zero-order chi connectivity index (χ0) is 18.1. The Labute approximate surface area is 144 Å². The van der Waals surface area contributed by atoms with Crippen molar-refractivity contribution < 1.29 is 14.8 Å². The minimum Gasteiger partial charge on any atom is -0.338 e. The minimum absolute atomic E-state index is 0.0528. The molecule has 0 saturated carbocycles. The highest BCUT2D eigenvalue weighted by atomic mass is 16.5. The van der Waals surface area contributed by atoms with Crippen molar-refractivity contribution >= 4 is 11.8 Å². The number of hydroxylamine groups is 1. The first kappa shape index (κ1) is 18.5. The van der Waals surface area contributed by atoms with E-state index in [-0.39, 0.29) is 23.8 Å². The van der Waals surface area contributed by atoms with Crippen LogP contribution in [0.5, 0.6) is 0 Å². The Morgan fingerprint density at radius 3 is 2.42 bits per heavy atom. The number of carbonyl (C=O) groups is 2. The van der Waals surface area contributed by atoms with Gasteiger partial charge in [0.2, 0.25) is 11.8 Å². The largest absolute Gasteiger partial charge is 0.338 e. The number of hydrogen-bond acceptors (Lipinski definition) is 3. The van der Waals surface area contributed by atoms with Crippen LogP contribution in [-0.2, 0) is 15.0 Å². The van der Waals surface area contributed by atoms with E-state index in [0.717, 1.165) is 17.5 Å².